The Labute approximate surface area is 131 Å². The molecule has 1 unspecified atom stereocenters. The molecular weight excluding hydrogens is 302 g/mol. The van der Waals surface area contributed by atoms with E-state index in [-0.39, 0.29) is 5.91 Å². The van der Waals surface area contributed by atoms with Crippen LogP contribution in [0.25, 0.3) is 0 Å². The monoisotopic (exact) mass is 317 g/mol. The Morgan fingerprint density at radius 2 is 2.14 bits per heavy atom. The molecule has 0 saturated heterocycles. The molecule has 0 radical (unpaired) electrons. The van der Waals surface area contributed by atoms with Crippen LogP contribution in [0.5, 0.6) is 0 Å². The van der Waals surface area contributed by atoms with Crippen molar-refractivity contribution in [3.05, 3.63) is 46.5 Å². The highest BCUT2D eigenvalue weighted by molar-refractivity contribution is 7.17. The number of amides is 2. The third-order valence-corrected chi connectivity index (χ3v) is 4.39. The van der Waals surface area contributed by atoms with Crippen LogP contribution in [-0.4, -0.2) is 28.4 Å². The molecule has 1 aromatic heterocycles. The second kappa shape index (κ2) is 6.25. The maximum Gasteiger partial charge on any atom is 0.263 e. The van der Waals surface area contributed by atoms with Gasteiger partial charge in [-0.1, -0.05) is 41.7 Å². The highest BCUT2D eigenvalue weighted by atomic mass is 32.1. The standard InChI is InChI=1S/C15H15N3O3S/c19-11(9-5-2-1-3-6-9)13(20)18-15-17-10-7-4-8-16-14(21)12(10)22-15/h1-3,5-6,11,19H,4,7-8H2,(H,16,21)(H,17,18,20). The summed E-state index contributed by atoms with van der Waals surface area (Å²) in [6.07, 6.45) is 0.253. The molecule has 3 N–H and O–H groups in total. The fourth-order valence-electron chi connectivity index (χ4n) is 2.25. The summed E-state index contributed by atoms with van der Waals surface area (Å²) in [6, 6.07) is 8.66. The molecular formula is C15H15N3O3S. The summed E-state index contributed by atoms with van der Waals surface area (Å²) in [4.78, 5) is 28.8. The minimum Gasteiger partial charge on any atom is -0.378 e. The van der Waals surface area contributed by atoms with E-state index in [4.69, 9.17) is 0 Å². The topological polar surface area (TPSA) is 91.3 Å². The predicted molar refractivity (Wildman–Crippen MR) is 82.8 cm³/mol. The number of hydrogen-bond acceptors (Lipinski definition) is 5. The summed E-state index contributed by atoms with van der Waals surface area (Å²) in [5.41, 5.74) is 1.21. The quantitative estimate of drug-likeness (QED) is 0.800. The molecule has 3 rings (SSSR count). The smallest absolute Gasteiger partial charge is 0.263 e. The number of rotatable bonds is 3. The van der Waals surface area contributed by atoms with Gasteiger partial charge < -0.3 is 10.4 Å². The molecule has 0 spiro atoms. The highest BCUT2D eigenvalue weighted by Gasteiger charge is 2.23. The summed E-state index contributed by atoms with van der Waals surface area (Å²) < 4.78 is 0. The van der Waals surface area contributed by atoms with Crippen molar-refractivity contribution in [2.24, 2.45) is 0 Å². The summed E-state index contributed by atoms with van der Waals surface area (Å²) >= 11 is 1.13. The van der Waals surface area contributed by atoms with Crippen molar-refractivity contribution >= 4 is 28.3 Å². The second-order valence-corrected chi connectivity index (χ2v) is 5.96. The van der Waals surface area contributed by atoms with E-state index in [9.17, 15) is 14.7 Å². The number of benzene rings is 1. The van der Waals surface area contributed by atoms with E-state index in [0.29, 0.717) is 34.2 Å². The van der Waals surface area contributed by atoms with Crippen molar-refractivity contribution in [3.63, 3.8) is 0 Å². The lowest BCUT2D eigenvalue weighted by Crippen LogP contribution is -2.22. The first kappa shape index (κ1) is 14.7. The minimum absolute atomic E-state index is 0.158. The third kappa shape index (κ3) is 3.00. The van der Waals surface area contributed by atoms with E-state index in [0.717, 1.165) is 17.8 Å². The summed E-state index contributed by atoms with van der Waals surface area (Å²) in [7, 11) is 0. The van der Waals surface area contributed by atoms with Crippen LogP contribution in [0.2, 0.25) is 0 Å². The number of carbonyl (C=O) groups excluding carboxylic acids is 2. The zero-order valence-electron chi connectivity index (χ0n) is 11.7. The first-order chi connectivity index (χ1) is 10.6. The molecule has 0 bridgehead atoms. The minimum atomic E-state index is -1.27. The predicted octanol–water partition coefficient (Wildman–Crippen LogP) is 1.49. The molecule has 0 saturated carbocycles. The Balaban J connectivity index is 1.75. The van der Waals surface area contributed by atoms with Crippen molar-refractivity contribution < 1.29 is 14.7 Å². The average Bonchev–Trinajstić information content (AvgIpc) is 2.86. The van der Waals surface area contributed by atoms with E-state index in [1.165, 1.54) is 0 Å². The van der Waals surface area contributed by atoms with Crippen molar-refractivity contribution in [1.29, 1.82) is 0 Å². The van der Waals surface area contributed by atoms with E-state index in [1.807, 2.05) is 6.07 Å². The Kier molecular flexibility index (Phi) is 4.17. The molecule has 7 heteroatoms. The first-order valence-electron chi connectivity index (χ1n) is 6.97. The third-order valence-electron chi connectivity index (χ3n) is 3.37. The molecule has 2 amide bonds. The zero-order valence-corrected chi connectivity index (χ0v) is 12.5. The number of aliphatic hydroxyl groups is 1. The Hall–Kier alpha value is -2.25. The number of aliphatic hydroxyl groups excluding tert-OH is 1. The van der Waals surface area contributed by atoms with Crippen LogP contribution >= 0.6 is 11.3 Å². The van der Waals surface area contributed by atoms with Crippen molar-refractivity contribution in [2.45, 2.75) is 18.9 Å². The van der Waals surface area contributed by atoms with Crippen LogP contribution in [0.4, 0.5) is 5.13 Å². The SMILES string of the molecule is O=C1NCCCc2nc(NC(=O)C(O)c3ccccc3)sc21. The van der Waals surface area contributed by atoms with Crippen molar-refractivity contribution in [1.82, 2.24) is 10.3 Å². The van der Waals surface area contributed by atoms with Gasteiger partial charge in [0.1, 0.15) is 4.88 Å². The molecule has 0 fully saturated rings. The lowest BCUT2D eigenvalue weighted by atomic mass is 10.1. The van der Waals surface area contributed by atoms with Crippen LogP contribution in [0.1, 0.15) is 33.5 Å². The molecule has 114 valence electrons. The fourth-order valence-corrected chi connectivity index (χ4v) is 3.18. The van der Waals surface area contributed by atoms with E-state index >= 15 is 0 Å². The van der Waals surface area contributed by atoms with E-state index < -0.39 is 12.0 Å². The van der Waals surface area contributed by atoms with Crippen molar-refractivity contribution in [2.75, 3.05) is 11.9 Å². The molecule has 1 aliphatic rings. The van der Waals surface area contributed by atoms with Crippen molar-refractivity contribution in [3.8, 4) is 0 Å². The van der Waals surface area contributed by atoms with Crippen LogP contribution in [-0.2, 0) is 11.2 Å². The Bertz CT molecular complexity index is 699. The molecule has 1 aromatic carbocycles. The Morgan fingerprint density at radius 3 is 2.91 bits per heavy atom. The van der Waals surface area contributed by atoms with Crippen LogP contribution in [0.15, 0.2) is 30.3 Å². The van der Waals surface area contributed by atoms with Crippen LogP contribution < -0.4 is 10.6 Å². The van der Waals surface area contributed by atoms with Crippen LogP contribution in [0.3, 0.4) is 0 Å². The number of nitrogens with zero attached hydrogens (tertiary/aromatic N) is 1. The molecule has 6 nitrogen and oxygen atoms in total. The molecule has 1 aliphatic heterocycles. The number of anilines is 1. The zero-order chi connectivity index (χ0) is 15.5. The highest BCUT2D eigenvalue weighted by Crippen LogP contribution is 2.26. The molecule has 2 aromatic rings. The van der Waals surface area contributed by atoms with Gasteiger partial charge in [-0.05, 0) is 18.4 Å². The first-order valence-corrected chi connectivity index (χ1v) is 7.78. The van der Waals surface area contributed by atoms with Gasteiger partial charge >= 0.3 is 0 Å². The van der Waals surface area contributed by atoms with Gasteiger partial charge in [0.25, 0.3) is 11.8 Å². The summed E-state index contributed by atoms with van der Waals surface area (Å²) in [5.74, 6) is -0.718. The number of aryl methyl sites for hydroxylation is 1. The summed E-state index contributed by atoms with van der Waals surface area (Å²) in [6.45, 7) is 0.635. The molecule has 1 atom stereocenters. The number of aromatic nitrogens is 1. The lowest BCUT2D eigenvalue weighted by molar-refractivity contribution is -0.124. The fraction of sp³-hybridized carbons (Fsp3) is 0.267. The van der Waals surface area contributed by atoms with Gasteiger partial charge in [0.15, 0.2) is 11.2 Å². The average molecular weight is 317 g/mol. The van der Waals surface area contributed by atoms with Crippen LogP contribution in [0, 0.1) is 0 Å². The van der Waals surface area contributed by atoms with Gasteiger partial charge in [-0.25, -0.2) is 4.98 Å². The number of thiazole rings is 1. The second-order valence-electron chi connectivity index (χ2n) is 4.96. The van der Waals surface area contributed by atoms with Gasteiger partial charge in [-0.2, -0.15) is 0 Å². The number of nitrogens with one attached hydrogen (secondary N) is 2. The van der Waals surface area contributed by atoms with Gasteiger partial charge in [0, 0.05) is 6.54 Å². The normalized spacial score (nSPS) is 15.4. The largest absolute Gasteiger partial charge is 0.378 e. The molecule has 0 aliphatic carbocycles. The van der Waals surface area contributed by atoms with Gasteiger partial charge in [0.05, 0.1) is 5.69 Å². The maximum atomic E-state index is 12.1. The molecule has 2 heterocycles. The molecule has 22 heavy (non-hydrogen) atoms. The van der Waals surface area contributed by atoms with E-state index in [1.54, 1.807) is 24.3 Å². The van der Waals surface area contributed by atoms with Gasteiger partial charge in [-0.3, -0.25) is 14.9 Å². The van der Waals surface area contributed by atoms with Gasteiger partial charge in [-0.15, -0.1) is 0 Å². The maximum absolute atomic E-state index is 12.1. The summed E-state index contributed by atoms with van der Waals surface area (Å²) in [5, 5.41) is 15.7. The number of fused-ring (bicyclic) bond motifs is 1. The number of hydrogen-bond donors (Lipinski definition) is 3. The lowest BCUT2D eigenvalue weighted by Gasteiger charge is -2.09. The van der Waals surface area contributed by atoms with E-state index in [2.05, 4.69) is 15.6 Å². The number of carbonyl (C=O) groups is 2. The Morgan fingerprint density at radius 1 is 1.36 bits per heavy atom. The van der Waals surface area contributed by atoms with Gasteiger partial charge in [0.2, 0.25) is 0 Å².